The minimum atomic E-state index is -5.07. The van der Waals surface area contributed by atoms with Gasteiger partial charge in [-0.05, 0) is 0 Å². The Labute approximate surface area is 161 Å². The second-order valence-corrected chi connectivity index (χ2v) is 11.4. The van der Waals surface area contributed by atoms with Crippen LogP contribution >= 0.6 is 0 Å². The van der Waals surface area contributed by atoms with Crippen LogP contribution in [0.3, 0.4) is 0 Å². The van der Waals surface area contributed by atoms with Gasteiger partial charge in [-0.25, -0.2) is 0 Å². The molecule has 0 aromatic heterocycles. The topological polar surface area (TPSA) is 0 Å². The van der Waals surface area contributed by atoms with Gasteiger partial charge >= 0.3 is 161 Å². The molecule has 0 radical (unpaired) electrons. The third kappa shape index (κ3) is 3.31. The molecule has 0 aliphatic carbocycles. The molecule has 0 bridgehead atoms. The van der Waals surface area contributed by atoms with Crippen LogP contribution in [0, 0.1) is 58.2 Å². The Morgan fingerprint density at radius 3 is 0.966 bits per heavy atom. The fourth-order valence-electron chi connectivity index (χ4n) is 2.87. The average molecular weight is 481 g/mol. The molecule has 0 atom stereocenters. The summed E-state index contributed by atoms with van der Waals surface area (Å²) in [5.41, 5.74) is 0. The molecule has 0 saturated carbocycles. The summed E-state index contributed by atoms with van der Waals surface area (Å²) in [6.45, 7) is 0. The van der Waals surface area contributed by atoms with Crippen LogP contribution < -0.4 is 12.4 Å². The Hall–Kier alpha value is -2.40. The van der Waals surface area contributed by atoms with Crippen molar-refractivity contribution in [2.24, 2.45) is 0 Å². The molecule has 11 heteroatoms. The van der Waals surface area contributed by atoms with E-state index in [1.54, 1.807) is 0 Å². The molecule has 29 heavy (non-hydrogen) atoms. The molecule has 3 aromatic carbocycles. The van der Waals surface area contributed by atoms with Crippen molar-refractivity contribution in [1.29, 1.82) is 0 Å². The molecule has 0 heterocycles. The van der Waals surface area contributed by atoms with E-state index < -0.39 is 82.6 Å². The molecule has 0 spiro atoms. The van der Waals surface area contributed by atoms with E-state index in [0.717, 1.165) is 12.1 Å². The van der Waals surface area contributed by atoms with Gasteiger partial charge in [0.25, 0.3) is 0 Å². The summed E-state index contributed by atoms with van der Waals surface area (Å²) in [5.74, 6) is -24.2. The molecule has 0 aliphatic heterocycles. The molecule has 0 N–H and O–H groups in total. The predicted octanol–water partition coefficient (Wildman–Crippen LogP) is 3.59. The average Bonchev–Trinajstić information content (AvgIpc) is 2.73. The standard InChI is InChI=1S/2C6F5.C6H5.Ga/c2*7-2-1-3(8)5(10)6(11)4(2)9;1-2-4-6-5-3-1;/h;;1-5H;. The minimum absolute atomic E-state index is 0.300. The number of hydrogen-bond acceptors (Lipinski definition) is 0. The summed E-state index contributed by atoms with van der Waals surface area (Å²) in [4.78, 5) is 0. The van der Waals surface area contributed by atoms with Crippen LogP contribution in [0.5, 0.6) is 0 Å². The summed E-state index contributed by atoms with van der Waals surface area (Å²) in [6.07, 6.45) is 0. The Morgan fingerprint density at radius 2 is 0.655 bits per heavy atom. The van der Waals surface area contributed by atoms with E-state index >= 15 is 0 Å². The van der Waals surface area contributed by atoms with E-state index in [2.05, 4.69) is 0 Å². The van der Waals surface area contributed by atoms with Crippen LogP contribution in [0.2, 0.25) is 0 Å². The van der Waals surface area contributed by atoms with Gasteiger partial charge in [0.1, 0.15) is 0 Å². The van der Waals surface area contributed by atoms with E-state index in [4.69, 9.17) is 0 Å². The van der Waals surface area contributed by atoms with E-state index in [1.807, 2.05) is 0 Å². The molecule has 0 fully saturated rings. The summed E-state index contributed by atoms with van der Waals surface area (Å²) in [7, 11) is 0. The number of benzene rings is 3. The predicted molar refractivity (Wildman–Crippen MR) is 83.6 cm³/mol. The maximum absolute atomic E-state index is 14.4. The van der Waals surface area contributed by atoms with Crippen molar-refractivity contribution in [2.75, 3.05) is 0 Å². The first-order valence-electron chi connectivity index (χ1n) is 7.67. The first-order valence-corrected chi connectivity index (χ1v) is 11.3. The maximum atomic E-state index is 14.4. The fourth-order valence-corrected chi connectivity index (χ4v) is 9.34. The van der Waals surface area contributed by atoms with E-state index in [-0.39, 0.29) is 4.12 Å². The van der Waals surface area contributed by atoms with E-state index in [9.17, 15) is 43.9 Å². The van der Waals surface area contributed by atoms with Crippen LogP contribution in [0.25, 0.3) is 0 Å². The monoisotopic (exact) mass is 480 g/mol. The summed E-state index contributed by atoms with van der Waals surface area (Å²) in [6, 6.07) is 5.87. The van der Waals surface area contributed by atoms with Crippen molar-refractivity contribution in [3.05, 3.63) is 88.5 Å². The first-order chi connectivity index (χ1) is 13.6. The van der Waals surface area contributed by atoms with Crippen molar-refractivity contribution < 1.29 is 43.9 Å². The Kier molecular flexibility index (Phi) is 5.72. The van der Waals surface area contributed by atoms with Gasteiger partial charge in [0.05, 0.1) is 0 Å². The van der Waals surface area contributed by atoms with Crippen LogP contribution in [-0.2, 0) is 0 Å². The quantitative estimate of drug-likeness (QED) is 0.233. The summed E-state index contributed by atoms with van der Waals surface area (Å²) < 4.78 is 136. The number of hydrogen-bond donors (Lipinski definition) is 0. The van der Waals surface area contributed by atoms with Gasteiger partial charge in [-0.2, -0.15) is 0 Å². The third-order valence-corrected chi connectivity index (χ3v) is 11.0. The van der Waals surface area contributed by atoms with Gasteiger partial charge in [-0.15, -0.1) is 0 Å². The van der Waals surface area contributed by atoms with Gasteiger partial charge in [0.15, 0.2) is 0 Å². The zero-order valence-electron chi connectivity index (χ0n) is 13.7. The molecule has 150 valence electrons. The zero-order chi connectivity index (χ0) is 21.6. The van der Waals surface area contributed by atoms with Gasteiger partial charge in [0.2, 0.25) is 0 Å². The van der Waals surface area contributed by atoms with Crippen molar-refractivity contribution >= 4 is 28.6 Å². The second kappa shape index (κ2) is 7.79. The van der Waals surface area contributed by atoms with E-state index in [1.165, 1.54) is 18.2 Å². The van der Waals surface area contributed by atoms with Crippen LogP contribution in [0.4, 0.5) is 43.9 Å². The van der Waals surface area contributed by atoms with Crippen molar-refractivity contribution in [3.8, 4) is 0 Å². The third-order valence-electron chi connectivity index (χ3n) is 4.20. The molecular formula is C18H5F10Ga. The molecule has 0 amide bonds. The second-order valence-electron chi connectivity index (χ2n) is 5.81. The van der Waals surface area contributed by atoms with Crippen molar-refractivity contribution in [3.63, 3.8) is 0 Å². The Balaban J connectivity index is 2.50. The summed E-state index contributed by atoms with van der Waals surface area (Å²) >= 11 is -5.07. The fraction of sp³-hybridized carbons (Fsp3) is 0. The van der Waals surface area contributed by atoms with Crippen molar-refractivity contribution in [2.45, 2.75) is 0 Å². The molecule has 0 aliphatic rings. The Morgan fingerprint density at radius 1 is 0.379 bits per heavy atom. The number of halogens is 10. The molecular weight excluding hydrogens is 476 g/mol. The van der Waals surface area contributed by atoms with Crippen LogP contribution in [0.15, 0.2) is 30.3 Å². The van der Waals surface area contributed by atoms with Gasteiger partial charge in [0, 0.05) is 0 Å². The van der Waals surface area contributed by atoms with Gasteiger partial charge in [-0.1, -0.05) is 0 Å². The zero-order valence-corrected chi connectivity index (χ0v) is 16.2. The first kappa shape index (κ1) is 21.3. The molecule has 3 aromatic rings. The molecule has 0 unspecified atom stereocenters. The Bertz CT molecular complexity index is 986. The normalized spacial score (nSPS) is 11.1. The number of rotatable bonds is 3. The summed E-state index contributed by atoms with van der Waals surface area (Å²) in [5, 5.41) is 0. The van der Waals surface area contributed by atoms with Gasteiger partial charge < -0.3 is 0 Å². The molecule has 0 saturated heterocycles. The van der Waals surface area contributed by atoms with Crippen LogP contribution in [-0.4, -0.2) is 16.2 Å². The van der Waals surface area contributed by atoms with Crippen LogP contribution in [0.1, 0.15) is 0 Å². The molecule has 3 rings (SSSR count). The molecule has 0 nitrogen and oxygen atoms in total. The SMILES string of the molecule is Fc1c(F)c(F)[c]([Ga]([c]2ccccc2)[c]2c(F)c(F)c(F)c(F)c2F)c(F)c1F. The van der Waals surface area contributed by atoms with Crippen molar-refractivity contribution in [1.82, 2.24) is 0 Å². The van der Waals surface area contributed by atoms with Gasteiger partial charge in [-0.3, -0.25) is 0 Å². The van der Waals surface area contributed by atoms with E-state index in [0.29, 0.717) is 0 Å².